The molecule has 1 aromatic carbocycles. The molecule has 0 aliphatic heterocycles. The van der Waals surface area contributed by atoms with Gasteiger partial charge in [-0.3, -0.25) is 4.79 Å². The Morgan fingerprint density at radius 3 is 2.65 bits per heavy atom. The predicted octanol–water partition coefficient (Wildman–Crippen LogP) is 2.17. The molecular weight excluding hydrogens is 218 g/mol. The van der Waals surface area contributed by atoms with Crippen LogP contribution in [-0.4, -0.2) is 30.8 Å². The van der Waals surface area contributed by atoms with Crippen LogP contribution in [0.15, 0.2) is 24.3 Å². The van der Waals surface area contributed by atoms with Gasteiger partial charge in [-0.05, 0) is 26.0 Å². The molecule has 1 N–H and O–H groups in total. The fraction of sp³-hybridized carbons (Fsp3) is 0.462. The molecule has 1 aromatic rings. The molecule has 0 aromatic heterocycles. The number of carbonyl (C=O) groups is 1. The molecule has 0 fully saturated rings. The van der Waals surface area contributed by atoms with Crippen molar-refractivity contribution in [1.29, 1.82) is 0 Å². The highest BCUT2D eigenvalue weighted by Crippen LogP contribution is 2.21. The molecular formula is C13H19NO3. The van der Waals surface area contributed by atoms with Gasteiger partial charge < -0.3 is 14.7 Å². The third-order valence-corrected chi connectivity index (χ3v) is 2.72. The molecule has 0 aliphatic rings. The summed E-state index contributed by atoms with van der Waals surface area (Å²) in [5.41, 5.74) is 0.184. The van der Waals surface area contributed by atoms with Gasteiger partial charge in [0.05, 0.1) is 12.0 Å². The van der Waals surface area contributed by atoms with E-state index in [1.54, 1.807) is 38.4 Å². The van der Waals surface area contributed by atoms with Gasteiger partial charge in [-0.1, -0.05) is 6.07 Å². The van der Waals surface area contributed by atoms with Crippen LogP contribution in [0.3, 0.4) is 0 Å². The second-order valence-electron chi connectivity index (χ2n) is 4.61. The van der Waals surface area contributed by atoms with Crippen molar-refractivity contribution >= 4 is 11.6 Å². The average Bonchev–Trinajstić information content (AvgIpc) is 2.27. The first-order valence-corrected chi connectivity index (χ1v) is 5.46. The number of methoxy groups -OCH3 is 1. The lowest BCUT2D eigenvalue weighted by Gasteiger charge is -2.25. The second kappa shape index (κ2) is 5.19. The highest BCUT2D eigenvalue weighted by atomic mass is 16.5. The average molecular weight is 237 g/mol. The van der Waals surface area contributed by atoms with Gasteiger partial charge in [-0.25, -0.2) is 0 Å². The summed E-state index contributed by atoms with van der Waals surface area (Å²) in [6.07, 6.45) is 0.287. The van der Waals surface area contributed by atoms with Crippen LogP contribution in [0.5, 0.6) is 5.75 Å². The number of phenolic OH excluding ortho intramolecular Hbond substituents is 1. The van der Waals surface area contributed by atoms with Crippen LogP contribution in [0.1, 0.15) is 20.3 Å². The molecule has 0 bridgehead atoms. The largest absolute Gasteiger partial charge is 0.508 e. The van der Waals surface area contributed by atoms with E-state index in [1.807, 2.05) is 13.8 Å². The summed E-state index contributed by atoms with van der Waals surface area (Å²) in [5.74, 6) is 0.0931. The zero-order chi connectivity index (χ0) is 13.1. The Hall–Kier alpha value is -1.55. The van der Waals surface area contributed by atoms with Gasteiger partial charge >= 0.3 is 0 Å². The molecule has 0 radical (unpaired) electrons. The van der Waals surface area contributed by atoms with Gasteiger partial charge in [0.15, 0.2) is 0 Å². The molecule has 4 heteroatoms. The van der Waals surface area contributed by atoms with Crippen molar-refractivity contribution in [3.63, 3.8) is 0 Å². The van der Waals surface area contributed by atoms with Crippen molar-refractivity contribution in [1.82, 2.24) is 0 Å². The molecule has 0 heterocycles. The Kier molecular flexibility index (Phi) is 4.12. The van der Waals surface area contributed by atoms with E-state index in [4.69, 9.17) is 4.74 Å². The Morgan fingerprint density at radius 2 is 2.12 bits per heavy atom. The quantitative estimate of drug-likeness (QED) is 0.873. The number of ether oxygens (including phenoxy) is 1. The smallest absolute Gasteiger partial charge is 0.229 e. The van der Waals surface area contributed by atoms with Crippen molar-refractivity contribution in [2.24, 2.45) is 0 Å². The highest BCUT2D eigenvalue weighted by molar-refractivity contribution is 5.93. The molecule has 0 spiro atoms. The van der Waals surface area contributed by atoms with Crippen molar-refractivity contribution in [2.75, 3.05) is 19.1 Å². The first-order valence-electron chi connectivity index (χ1n) is 5.46. The van der Waals surface area contributed by atoms with Crippen LogP contribution >= 0.6 is 0 Å². The molecule has 0 aliphatic carbocycles. The van der Waals surface area contributed by atoms with Gasteiger partial charge in [-0.15, -0.1) is 0 Å². The molecule has 0 atom stereocenters. The first-order chi connectivity index (χ1) is 7.85. The van der Waals surface area contributed by atoms with Crippen LogP contribution in [0, 0.1) is 0 Å². The Bertz CT molecular complexity index is 401. The Balaban J connectivity index is 2.77. The van der Waals surface area contributed by atoms with Crippen LogP contribution in [0.2, 0.25) is 0 Å². The number of carbonyl (C=O) groups excluding carboxylic acids is 1. The lowest BCUT2D eigenvalue weighted by molar-refractivity contribution is -0.123. The van der Waals surface area contributed by atoms with Crippen molar-refractivity contribution in [3.8, 4) is 5.75 Å². The molecule has 0 saturated carbocycles. The molecule has 94 valence electrons. The maximum atomic E-state index is 12.0. The third-order valence-electron chi connectivity index (χ3n) is 2.72. The Labute approximate surface area is 102 Å². The van der Waals surface area contributed by atoms with E-state index in [1.165, 1.54) is 4.90 Å². The molecule has 1 amide bonds. The van der Waals surface area contributed by atoms with E-state index < -0.39 is 5.60 Å². The first kappa shape index (κ1) is 13.5. The number of nitrogens with zero attached hydrogens (tertiary/aromatic N) is 1. The predicted molar refractivity (Wildman–Crippen MR) is 67.2 cm³/mol. The SMILES string of the molecule is COC(C)(C)CC(=O)N(C)c1cccc(O)c1. The van der Waals surface area contributed by atoms with Crippen LogP contribution in [0.25, 0.3) is 0 Å². The molecule has 1 rings (SSSR count). The highest BCUT2D eigenvalue weighted by Gasteiger charge is 2.23. The second-order valence-corrected chi connectivity index (χ2v) is 4.61. The van der Waals surface area contributed by atoms with E-state index in [-0.39, 0.29) is 18.1 Å². The number of aromatic hydroxyl groups is 1. The summed E-state index contributed by atoms with van der Waals surface area (Å²) in [6, 6.07) is 6.60. The summed E-state index contributed by atoms with van der Waals surface area (Å²) >= 11 is 0. The summed E-state index contributed by atoms with van der Waals surface area (Å²) in [5, 5.41) is 9.36. The molecule has 4 nitrogen and oxygen atoms in total. The minimum atomic E-state index is -0.484. The van der Waals surface area contributed by atoms with Crippen LogP contribution in [-0.2, 0) is 9.53 Å². The maximum absolute atomic E-state index is 12.0. The van der Waals surface area contributed by atoms with E-state index in [0.717, 1.165) is 0 Å². The normalized spacial score (nSPS) is 11.3. The van der Waals surface area contributed by atoms with E-state index in [2.05, 4.69) is 0 Å². The fourth-order valence-corrected chi connectivity index (χ4v) is 1.40. The number of benzene rings is 1. The van der Waals surface area contributed by atoms with Gasteiger partial charge in [0.25, 0.3) is 0 Å². The van der Waals surface area contributed by atoms with Gasteiger partial charge in [0, 0.05) is 25.9 Å². The number of hydrogen-bond donors (Lipinski definition) is 1. The standard InChI is InChI=1S/C13H19NO3/c1-13(2,17-4)9-12(16)14(3)10-6-5-7-11(15)8-10/h5-8,15H,9H2,1-4H3. The maximum Gasteiger partial charge on any atom is 0.229 e. The molecule has 17 heavy (non-hydrogen) atoms. The number of amides is 1. The number of anilines is 1. The number of rotatable bonds is 4. The molecule has 0 unspecified atom stereocenters. The summed E-state index contributed by atoms with van der Waals surface area (Å²) in [4.78, 5) is 13.5. The Morgan fingerprint density at radius 1 is 1.47 bits per heavy atom. The fourth-order valence-electron chi connectivity index (χ4n) is 1.40. The zero-order valence-electron chi connectivity index (χ0n) is 10.7. The van der Waals surface area contributed by atoms with Crippen molar-refractivity contribution < 1.29 is 14.6 Å². The minimum Gasteiger partial charge on any atom is -0.508 e. The third kappa shape index (κ3) is 3.75. The summed E-state index contributed by atoms with van der Waals surface area (Å²) < 4.78 is 5.22. The topological polar surface area (TPSA) is 49.8 Å². The van der Waals surface area contributed by atoms with Gasteiger partial charge in [0.1, 0.15) is 5.75 Å². The molecule has 0 saturated heterocycles. The monoisotopic (exact) mass is 237 g/mol. The minimum absolute atomic E-state index is 0.0533. The van der Waals surface area contributed by atoms with E-state index in [9.17, 15) is 9.90 Å². The number of hydrogen-bond acceptors (Lipinski definition) is 3. The lowest BCUT2D eigenvalue weighted by atomic mass is 10.0. The lowest BCUT2D eigenvalue weighted by Crippen LogP contribution is -2.35. The van der Waals surface area contributed by atoms with Crippen molar-refractivity contribution in [2.45, 2.75) is 25.9 Å². The van der Waals surface area contributed by atoms with E-state index in [0.29, 0.717) is 5.69 Å². The van der Waals surface area contributed by atoms with Crippen LogP contribution < -0.4 is 4.90 Å². The van der Waals surface area contributed by atoms with Crippen LogP contribution in [0.4, 0.5) is 5.69 Å². The summed E-state index contributed by atoms with van der Waals surface area (Å²) in [7, 11) is 3.27. The van der Waals surface area contributed by atoms with Gasteiger partial charge in [0.2, 0.25) is 5.91 Å². The number of phenols is 1. The van der Waals surface area contributed by atoms with Crippen molar-refractivity contribution in [3.05, 3.63) is 24.3 Å². The zero-order valence-corrected chi connectivity index (χ0v) is 10.7. The van der Waals surface area contributed by atoms with Gasteiger partial charge in [-0.2, -0.15) is 0 Å². The summed E-state index contributed by atoms with van der Waals surface area (Å²) in [6.45, 7) is 3.72. The van der Waals surface area contributed by atoms with E-state index >= 15 is 0 Å².